The number of ether oxygens (including phenoxy) is 1. The Hall–Kier alpha value is -2.44. The maximum absolute atomic E-state index is 13.3. The number of fused-ring (bicyclic) bond motifs is 1. The van der Waals surface area contributed by atoms with Gasteiger partial charge in [0.1, 0.15) is 5.70 Å². The van der Waals surface area contributed by atoms with E-state index in [1.165, 1.54) is 27.4 Å². The van der Waals surface area contributed by atoms with Crippen LogP contribution in [0.1, 0.15) is 36.3 Å². The smallest absolute Gasteiger partial charge is 0.277 e. The molecule has 2 amide bonds. The summed E-state index contributed by atoms with van der Waals surface area (Å²) in [5.74, 6) is -0.363. The number of thiophene rings is 1. The zero-order valence-corrected chi connectivity index (χ0v) is 17.7. The SMILES string of the molecule is CC(C)OCCCN1C(=O)C(c2cccs2)=C(N2CCc3ccccc3C2)C1=O. The second-order valence-corrected chi connectivity index (χ2v) is 8.62. The van der Waals surface area contributed by atoms with E-state index in [1.807, 2.05) is 37.4 Å². The van der Waals surface area contributed by atoms with Gasteiger partial charge in [-0.3, -0.25) is 14.5 Å². The third-order valence-corrected chi connectivity index (χ3v) is 6.22. The van der Waals surface area contributed by atoms with Gasteiger partial charge in [-0.05, 0) is 49.3 Å². The molecule has 29 heavy (non-hydrogen) atoms. The molecule has 3 heterocycles. The van der Waals surface area contributed by atoms with E-state index in [9.17, 15) is 9.59 Å². The van der Waals surface area contributed by atoms with Crippen molar-refractivity contribution in [3.63, 3.8) is 0 Å². The van der Waals surface area contributed by atoms with E-state index in [4.69, 9.17) is 4.74 Å². The van der Waals surface area contributed by atoms with Gasteiger partial charge >= 0.3 is 0 Å². The first-order valence-corrected chi connectivity index (χ1v) is 11.0. The Morgan fingerprint density at radius 2 is 1.86 bits per heavy atom. The molecule has 0 saturated carbocycles. The fraction of sp³-hybridized carbons (Fsp3) is 0.391. The van der Waals surface area contributed by atoms with Crippen LogP contribution in [0.5, 0.6) is 0 Å². The fourth-order valence-corrected chi connectivity index (χ4v) is 4.69. The van der Waals surface area contributed by atoms with Gasteiger partial charge in [-0.25, -0.2) is 0 Å². The molecular formula is C23H26N2O3S. The maximum atomic E-state index is 13.3. The van der Waals surface area contributed by atoms with Gasteiger partial charge in [-0.15, -0.1) is 11.3 Å². The minimum absolute atomic E-state index is 0.142. The molecule has 2 aliphatic rings. The number of hydrogen-bond acceptors (Lipinski definition) is 5. The average Bonchev–Trinajstić information content (AvgIpc) is 3.32. The van der Waals surface area contributed by atoms with Gasteiger partial charge in [-0.1, -0.05) is 30.3 Å². The zero-order valence-electron chi connectivity index (χ0n) is 16.9. The lowest BCUT2D eigenvalue weighted by Gasteiger charge is -2.31. The van der Waals surface area contributed by atoms with Gasteiger partial charge in [0.15, 0.2) is 0 Å². The number of carbonyl (C=O) groups excluding carboxylic acids is 2. The molecule has 0 fully saturated rings. The van der Waals surface area contributed by atoms with Crippen LogP contribution < -0.4 is 0 Å². The first-order valence-electron chi connectivity index (χ1n) is 10.1. The van der Waals surface area contributed by atoms with Gasteiger partial charge in [0.25, 0.3) is 11.8 Å². The second-order valence-electron chi connectivity index (χ2n) is 7.68. The molecule has 2 aromatic rings. The van der Waals surface area contributed by atoms with Crippen molar-refractivity contribution < 1.29 is 14.3 Å². The molecule has 0 aliphatic carbocycles. The van der Waals surface area contributed by atoms with E-state index in [2.05, 4.69) is 23.1 Å². The van der Waals surface area contributed by atoms with Crippen LogP contribution >= 0.6 is 11.3 Å². The lowest BCUT2D eigenvalue weighted by molar-refractivity contribution is -0.137. The monoisotopic (exact) mass is 410 g/mol. The zero-order chi connectivity index (χ0) is 20.4. The third kappa shape index (κ3) is 4.00. The lowest BCUT2D eigenvalue weighted by atomic mass is 9.99. The summed E-state index contributed by atoms with van der Waals surface area (Å²) in [6.45, 7) is 6.28. The molecule has 4 rings (SSSR count). The van der Waals surface area contributed by atoms with Crippen molar-refractivity contribution in [2.24, 2.45) is 0 Å². The van der Waals surface area contributed by atoms with Crippen LogP contribution in [0.2, 0.25) is 0 Å². The molecule has 0 spiro atoms. The van der Waals surface area contributed by atoms with Crippen molar-refractivity contribution in [3.05, 3.63) is 63.5 Å². The van der Waals surface area contributed by atoms with Gasteiger partial charge < -0.3 is 9.64 Å². The van der Waals surface area contributed by atoms with Crippen LogP contribution in [0.3, 0.4) is 0 Å². The van der Waals surface area contributed by atoms with Crippen LogP contribution in [-0.2, 0) is 27.3 Å². The topological polar surface area (TPSA) is 49.9 Å². The molecule has 1 aromatic carbocycles. The normalized spacial score (nSPS) is 16.9. The standard InChI is InChI=1S/C23H26N2O3S/c1-16(2)28-13-6-11-25-22(26)20(19-9-5-14-29-19)21(23(25)27)24-12-10-17-7-3-4-8-18(17)15-24/h3-5,7-9,14,16H,6,10-13,15H2,1-2H3. The number of nitrogens with zero attached hydrogens (tertiary/aromatic N) is 2. The minimum Gasteiger partial charge on any atom is -0.379 e. The van der Waals surface area contributed by atoms with Crippen LogP contribution in [0.25, 0.3) is 5.57 Å². The maximum Gasteiger partial charge on any atom is 0.277 e. The first-order chi connectivity index (χ1) is 14.1. The summed E-state index contributed by atoms with van der Waals surface area (Å²) in [4.78, 5) is 30.9. The van der Waals surface area contributed by atoms with Crippen LogP contribution in [0, 0.1) is 0 Å². The number of carbonyl (C=O) groups is 2. The van der Waals surface area contributed by atoms with Gasteiger partial charge in [-0.2, -0.15) is 0 Å². The summed E-state index contributed by atoms with van der Waals surface area (Å²) in [7, 11) is 0. The van der Waals surface area contributed by atoms with E-state index in [-0.39, 0.29) is 17.9 Å². The Kier molecular flexibility index (Phi) is 5.83. The molecule has 0 unspecified atom stereocenters. The molecule has 0 bridgehead atoms. The summed E-state index contributed by atoms with van der Waals surface area (Å²) in [6, 6.07) is 12.2. The number of benzene rings is 1. The summed E-state index contributed by atoms with van der Waals surface area (Å²) < 4.78 is 5.58. The molecule has 6 heteroatoms. The lowest BCUT2D eigenvalue weighted by Crippen LogP contribution is -2.38. The van der Waals surface area contributed by atoms with Crippen molar-refractivity contribution in [1.82, 2.24) is 9.80 Å². The molecular weight excluding hydrogens is 384 g/mol. The van der Waals surface area contributed by atoms with Gasteiger partial charge in [0.2, 0.25) is 0 Å². The Bertz CT molecular complexity index is 933. The summed E-state index contributed by atoms with van der Waals surface area (Å²) >= 11 is 1.50. The molecule has 1 aromatic heterocycles. The van der Waals surface area contributed by atoms with Crippen molar-refractivity contribution in [2.45, 2.75) is 39.3 Å². The number of hydrogen-bond donors (Lipinski definition) is 0. The molecule has 5 nitrogen and oxygen atoms in total. The predicted octanol–water partition coefficient (Wildman–Crippen LogP) is 3.70. The Morgan fingerprint density at radius 1 is 1.07 bits per heavy atom. The van der Waals surface area contributed by atoms with E-state index in [0.717, 1.165) is 17.8 Å². The van der Waals surface area contributed by atoms with Gasteiger partial charge in [0, 0.05) is 31.1 Å². The summed E-state index contributed by atoms with van der Waals surface area (Å²) in [5.41, 5.74) is 3.65. The largest absolute Gasteiger partial charge is 0.379 e. The van der Waals surface area contributed by atoms with E-state index in [0.29, 0.717) is 37.4 Å². The molecule has 0 N–H and O–H groups in total. The highest BCUT2D eigenvalue weighted by Crippen LogP contribution is 2.36. The second kappa shape index (κ2) is 8.51. The number of rotatable bonds is 7. The summed E-state index contributed by atoms with van der Waals surface area (Å²) in [6.07, 6.45) is 1.66. The van der Waals surface area contributed by atoms with Crippen molar-refractivity contribution in [3.8, 4) is 0 Å². The molecule has 0 radical (unpaired) electrons. The van der Waals surface area contributed by atoms with Crippen molar-refractivity contribution in [1.29, 1.82) is 0 Å². The van der Waals surface area contributed by atoms with Crippen molar-refractivity contribution in [2.75, 3.05) is 19.7 Å². The first kappa shape index (κ1) is 19.9. The third-order valence-electron chi connectivity index (χ3n) is 5.34. The molecule has 0 atom stereocenters. The van der Waals surface area contributed by atoms with Crippen LogP contribution in [0.4, 0.5) is 0 Å². The quantitative estimate of drug-likeness (QED) is 0.516. The number of amides is 2. The van der Waals surface area contributed by atoms with E-state index in [1.54, 1.807) is 0 Å². The molecule has 0 saturated heterocycles. The summed E-state index contributed by atoms with van der Waals surface area (Å²) in [5, 5.41) is 1.95. The van der Waals surface area contributed by atoms with E-state index < -0.39 is 0 Å². The Morgan fingerprint density at radius 3 is 2.59 bits per heavy atom. The highest BCUT2D eigenvalue weighted by Gasteiger charge is 2.42. The van der Waals surface area contributed by atoms with Crippen LogP contribution in [0.15, 0.2) is 47.5 Å². The predicted molar refractivity (Wildman–Crippen MR) is 114 cm³/mol. The molecule has 2 aliphatic heterocycles. The van der Waals surface area contributed by atoms with Gasteiger partial charge in [0.05, 0.1) is 11.7 Å². The number of imide groups is 1. The van der Waals surface area contributed by atoms with E-state index >= 15 is 0 Å². The highest BCUT2D eigenvalue weighted by atomic mass is 32.1. The Labute approximate surface area is 175 Å². The molecule has 152 valence electrons. The van der Waals surface area contributed by atoms with Crippen molar-refractivity contribution >= 4 is 28.7 Å². The minimum atomic E-state index is -0.184. The van der Waals surface area contributed by atoms with Crippen LogP contribution in [-0.4, -0.2) is 47.4 Å². The Balaban J connectivity index is 1.60. The average molecular weight is 411 g/mol. The fourth-order valence-electron chi connectivity index (χ4n) is 3.93. The highest BCUT2D eigenvalue weighted by molar-refractivity contribution is 7.11.